The second-order valence-corrected chi connectivity index (χ2v) is 8.44. The lowest BCUT2D eigenvalue weighted by Gasteiger charge is -2.31. The number of ether oxygens (including phenoxy) is 1. The summed E-state index contributed by atoms with van der Waals surface area (Å²) in [6.45, 7) is 3.11. The van der Waals surface area contributed by atoms with E-state index in [0.717, 1.165) is 5.56 Å². The number of anilines is 1. The second kappa shape index (κ2) is 6.41. The zero-order valence-corrected chi connectivity index (χ0v) is 15.3. The Morgan fingerprint density at radius 1 is 1.08 bits per heavy atom. The Labute approximate surface area is 153 Å². The predicted molar refractivity (Wildman–Crippen MR) is 97.7 cm³/mol. The average Bonchev–Trinajstić information content (AvgIpc) is 2.66. The highest BCUT2D eigenvalue weighted by Gasteiger charge is 2.30. The fourth-order valence-corrected chi connectivity index (χ4v) is 4.95. The summed E-state index contributed by atoms with van der Waals surface area (Å²) < 4.78 is 33.3. The molecule has 0 spiro atoms. The Bertz CT molecular complexity index is 971. The van der Waals surface area contributed by atoms with Gasteiger partial charge in [0.1, 0.15) is 12.4 Å². The van der Waals surface area contributed by atoms with Crippen LogP contribution in [0.5, 0.6) is 5.75 Å². The molecule has 0 saturated carbocycles. The number of nitrogens with zero attached hydrogens (tertiary/aromatic N) is 2. The molecule has 7 heteroatoms. The normalized spacial score (nSPS) is 17.2. The van der Waals surface area contributed by atoms with Crippen LogP contribution in [0.4, 0.5) is 5.69 Å². The zero-order valence-electron chi connectivity index (χ0n) is 14.5. The minimum atomic E-state index is -3.65. The molecule has 0 saturated heterocycles. The van der Waals surface area contributed by atoms with E-state index < -0.39 is 10.0 Å². The van der Waals surface area contributed by atoms with Crippen molar-refractivity contribution in [2.24, 2.45) is 0 Å². The molecule has 0 N–H and O–H groups in total. The summed E-state index contributed by atoms with van der Waals surface area (Å²) >= 11 is 0. The minimum Gasteiger partial charge on any atom is -0.490 e. The Hall–Kier alpha value is -2.38. The molecule has 0 radical (unpaired) electrons. The van der Waals surface area contributed by atoms with Gasteiger partial charge in [0, 0.05) is 20.0 Å². The van der Waals surface area contributed by atoms with Gasteiger partial charge in [-0.15, -0.1) is 0 Å². The molecular formula is C19H20N2O4S. The highest BCUT2D eigenvalue weighted by Crippen LogP contribution is 2.35. The second-order valence-electron chi connectivity index (χ2n) is 6.51. The molecular weight excluding hydrogens is 352 g/mol. The predicted octanol–water partition coefficient (Wildman–Crippen LogP) is 2.18. The van der Waals surface area contributed by atoms with E-state index in [4.69, 9.17) is 4.74 Å². The van der Waals surface area contributed by atoms with E-state index in [-0.39, 0.29) is 10.8 Å². The van der Waals surface area contributed by atoms with Crippen molar-refractivity contribution in [3.05, 3.63) is 53.6 Å². The molecule has 0 aromatic heterocycles. The smallest absolute Gasteiger partial charge is 0.243 e. The Kier molecular flexibility index (Phi) is 4.20. The average molecular weight is 372 g/mol. The highest BCUT2D eigenvalue weighted by atomic mass is 32.2. The van der Waals surface area contributed by atoms with Gasteiger partial charge in [-0.2, -0.15) is 4.31 Å². The van der Waals surface area contributed by atoms with Gasteiger partial charge >= 0.3 is 0 Å². The van der Waals surface area contributed by atoms with Gasteiger partial charge in [0.05, 0.1) is 17.1 Å². The van der Waals surface area contributed by atoms with Crippen LogP contribution in [0, 0.1) is 0 Å². The van der Waals surface area contributed by atoms with Gasteiger partial charge in [-0.05, 0) is 35.7 Å². The molecule has 26 heavy (non-hydrogen) atoms. The third-order valence-electron chi connectivity index (χ3n) is 4.91. The molecule has 0 aliphatic carbocycles. The van der Waals surface area contributed by atoms with Gasteiger partial charge < -0.3 is 9.64 Å². The maximum Gasteiger partial charge on any atom is 0.243 e. The lowest BCUT2D eigenvalue weighted by Crippen LogP contribution is -2.37. The number of carbonyl (C=O) groups is 1. The number of sulfonamides is 1. The number of rotatable bonds is 2. The maximum atomic E-state index is 13.1. The van der Waals surface area contributed by atoms with Crippen molar-refractivity contribution in [2.75, 3.05) is 24.6 Å². The molecule has 2 aromatic rings. The van der Waals surface area contributed by atoms with Gasteiger partial charge in [-0.25, -0.2) is 8.42 Å². The van der Waals surface area contributed by atoms with Crippen LogP contribution in [-0.4, -0.2) is 38.3 Å². The SMILES string of the molecule is CC(=O)N1CCOc2ccc(S(=O)(=O)N3CCc4ccccc4C3)cc21. The number of carbonyl (C=O) groups excluding carboxylic acids is 1. The van der Waals surface area contributed by atoms with Gasteiger partial charge in [0.25, 0.3) is 0 Å². The molecule has 0 atom stereocenters. The first-order valence-electron chi connectivity index (χ1n) is 8.59. The van der Waals surface area contributed by atoms with E-state index in [9.17, 15) is 13.2 Å². The fourth-order valence-electron chi connectivity index (χ4n) is 3.51. The number of amides is 1. The Morgan fingerprint density at radius 2 is 1.85 bits per heavy atom. The molecule has 1 amide bonds. The summed E-state index contributed by atoms with van der Waals surface area (Å²) in [5.74, 6) is 0.408. The number of benzene rings is 2. The molecule has 2 aliphatic heterocycles. The summed E-state index contributed by atoms with van der Waals surface area (Å²) in [6.07, 6.45) is 0.697. The summed E-state index contributed by atoms with van der Waals surface area (Å²) in [5, 5.41) is 0. The first-order valence-corrected chi connectivity index (χ1v) is 10.0. The summed E-state index contributed by atoms with van der Waals surface area (Å²) in [7, 11) is -3.65. The fraction of sp³-hybridized carbons (Fsp3) is 0.316. The van der Waals surface area contributed by atoms with E-state index in [0.29, 0.717) is 44.1 Å². The molecule has 6 nitrogen and oxygen atoms in total. The van der Waals surface area contributed by atoms with E-state index in [2.05, 4.69) is 0 Å². The monoisotopic (exact) mass is 372 g/mol. The first-order chi connectivity index (χ1) is 12.5. The zero-order chi connectivity index (χ0) is 18.3. The molecule has 4 rings (SSSR count). The van der Waals surface area contributed by atoms with Crippen LogP contribution in [0.1, 0.15) is 18.1 Å². The van der Waals surface area contributed by atoms with Gasteiger partial charge in [0.15, 0.2) is 0 Å². The minimum absolute atomic E-state index is 0.129. The third-order valence-corrected chi connectivity index (χ3v) is 6.75. The van der Waals surface area contributed by atoms with E-state index in [1.807, 2.05) is 24.3 Å². The van der Waals surface area contributed by atoms with E-state index in [1.54, 1.807) is 23.1 Å². The van der Waals surface area contributed by atoms with Crippen LogP contribution in [0.3, 0.4) is 0 Å². The van der Waals surface area contributed by atoms with Crippen molar-refractivity contribution in [3.63, 3.8) is 0 Å². The largest absolute Gasteiger partial charge is 0.490 e. The third kappa shape index (κ3) is 2.87. The molecule has 2 heterocycles. The van der Waals surface area contributed by atoms with E-state index >= 15 is 0 Å². The van der Waals surface area contributed by atoms with Crippen molar-refractivity contribution in [1.29, 1.82) is 0 Å². The van der Waals surface area contributed by atoms with Crippen LogP contribution in [0.2, 0.25) is 0 Å². The first kappa shape index (κ1) is 17.1. The topological polar surface area (TPSA) is 66.9 Å². The van der Waals surface area contributed by atoms with Gasteiger partial charge in [0.2, 0.25) is 15.9 Å². The van der Waals surface area contributed by atoms with Crippen LogP contribution in [0.15, 0.2) is 47.4 Å². The Morgan fingerprint density at radius 3 is 2.62 bits per heavy atom. The lowest BCUT2D eigenvalue weighted by atomic mass is 10.0. The molecule has 136 valence electrons. The molecule has 0 unspecified atom stereocenters. The number of hydrogen-bond acceptors (Lipinski definition) is 4. The van der Waals surface area contributed by atoms with E-state index in [1.165, 1.54) is 16.8 Å². The van der Waals surface area contributed by atoms with Gasteiger partial charge in [-0.1, -0.05) is 24.3 Å². The quantitative estimate of drug-likeness (QED) is 0.810. The standard InChI is InChI=1S/C19H20N2O4S/c1-14(22)21-10-11-25-19-7-6-17(12-18(19)21)26(23,24)20-9-8-15-4-2-3-5-16(15)13-20/h2-7,12H,8-11,13H2,1H3. The molecule has 2 aliphatic rings. The van der Waals surface area contributed by atoms with Crippen molar-refractivity contribution < 1.29 is 17.9 Å². The summed E-state index contributed by atoms with van der Waals surface area (Å²) in [4.78, 5) is 13.6. The van der Waals surface area contributed by atoms with Crippen LogP contribution in [0.25, 0.3) is 0 Å². The summed E-state index contributed by atoms with van der Waals surface area (Å²) in [5.41, 5.74) is 2.75. The van der Waals surface area contributed by atoms with Crippen LogP contribution < -0.4 is 9.64 Å². The summed E-state index contributed by atoms with van der Waals surface area (Å²) in [6, 6.07) is 12.6. The number of hydrogen-bond donors (Lipinski definition) is 0. The van der Waals surface area contributed by atoms with Crippen molar-refractivity contribution in [3.8, 4) is 5.75 Å². The molecule has 0 bridgehead atoms. The lowest BCUT2D eigenvalue weighted by molar-refractivity contribution is -0.116. The molecule has 0 fully saturated rings. The molecule has 2 aromatic carbocycles. The Balaban J connectivity index is 1.69. The highest BCUT2D eigenvalue weighted by molar-refractivity contribution is 7.89. The maximum absolute atomic E-state index is 13.1. The van der Waals surface area contributed by atoms with Gasteiger partial charge in [-0.3, -0.25) is 4.79 Å². The van der Waals surface area contributed by atoms with Crippen LogP contribution in [-0.2, 0) is 27.8 Å². The van der Waals surface area contributed by atoms with Crippen molar-refractivity contribution in [2.45, 2.75) is 24.8 Å². The number of fused-ring (bicyclic) bond motifs is 2. The van der Waals surface area contributed by atoms with Crippen molar-refractivity contribution in [1.82, 2.24) is 4.31 Å². The van der Waals surface area contributed by atoms with Crippen molar-refractivity contribution >= 4 is 21.6 Å². The van der Waals surface area contributed by atoms with Crippen LogP contribution >= 0.6 is 0 Å².